The van der Waals surface area contributed by atoms with E-state index in [9.17, 15) is 8.42 Å². The maximum absolute atomic E-state index is 12.4. The van der Waals surface area contributed by atoms with Gasteiger partial charge < -0.3 is 4.74 Å². The molecule has 1 N–H and O–H groups in total. The average Bonchev–Trinajstić information content (AvgIpc) is 2.55. The van der Waals surface area contributed by atoms with Crippen molar-refractivity contribution in [1.82, 2.24) is 4.83 Å². The second kappa shape index (κ2) is 6.83. The Morgan fingerprint density at radius 1 is 1.13 bits per heavy atom. The standard InChI is InChI=1S/C17H20N2O3S/c1-12-8-9-13(2)17(10-12)23(20,21)19-18-14(3)15-6-5-7-16(11-15)22-4/h5-11,19H,1-4H3/b18-14-. The minimum Gasteiger partial charge on any atom is -0.497 e. The lowest BCUT2D eigenvalue weighted by Crippen LogP contribution is -2.21. The summed E-state index contributed by atoms with van der Waals surface area (Å²) in [6.07, 6.45) is 0. The molecular weight excluding hydrogens is 312 g/mol. The number of nitrogens with one attached hydrogen (secondary N) is 1. The molecule has 122 valence electrons. The number of methoxy groups -OCH3 is 1. The lowest BCUT2D eigenvalue weighted by molar-refractivity contribution is 0.414. The molecule has 0 spiro atoms. The van der Waals surface area contributed by atoms with Crippen LogP contribution < -0.4 is 9.57 Å². The van der Waals surface area contributed by atoms with Gasteiger partial charge in [-0.15, -0.1) is 0 Å². The molecule has 0 radical (unpaired) electrons. The molecule has 0 aliphatic rings. The molecule has 0 unspecified atom stereocenters. The summed E-state index contributed by atoms with van der Waals surface area (Å²) in [5, 5.41) is 4.01. The van der Waals surface area contributed by atoms with Crippen molar-refractivity contribution in [3.63, 3.8) is 0 Å². The lowest BCUT2D eigenvalue weighted by atomic mass is 10.1. The first-order valence-electron chi connectivity index (χ1n) is 7.11. The molecular formula is C17H20N2O3S. The Morgan fingerprint density at radius 2 is 1.87 bits per heavy atom. The molecule has 0 atom stereocenters. The third kappa shape index (κ3) is 4.10. The van der Waals surface area contributed by atoms with Crippen molar-refractivity contribution in [2.45, 2.75) is 25.7 Å². The fourth-order valence-electron chi connectivity index (χ4n) is 2.09. The Kier molecular flexibility index (Phi) is 5.05. The van der Waals surface area contributed by atoms with E-state index in [1.165, 1.54) is 0 Å². The topological polar surface area (TPSA) is 67.8 Å². The number of benzene rings is 2. The number of hydrazone groups is 1. The molecule has 0 aromatic heterocycles. The van der Waals surface area contributed by atoms with Crippen LogP contribution in [0.15, 0.2) is 52.5 Å². The van der Waals surface area contributed by atoms with E-state index in [-0.39, 0.29) is 4.90 Å². The highest BCUT2D eigenvalue weighted by atomic mass is 32.2. The molecule has 0 amide bonds. The summed E-state index contributed by atoms with van der Waals surface area (Å²) < 4.78 is 30.0. The number of nitrogens with zero attached hydrogens (tertiary/aromatic N) is 1. The van der Waals surface area contributed by atoms with Crippen LogP contribution >= 0.6 is 0 Å². The van der Waals surface area contributed by atoms with Gasteiger partial charge in [-0.3, -0.25) is 0 Å². The number of rotatable bonds is 5. The summed E-state index contributed by atoms with van der Waals surface area (Å²) in [7, 11) is -2.12. The SMILES string of the molecule is COc1cccc(/C(C)=N\NS(=O)(=O)c2cc(C)ccc2C)c1. The van der Waals surface area contributed by atoms with E-state index in [1.807, 2.05) is 31.2 Å². The Morgan fingerprint density at radius 3 is 2.57 bits per heavy atom. The summed E-state index contributed by atoms with van der Waals surface area (Å²) in [6, 6.07) is 12.6. The summed E-state index contributed by atoms with van der Waals surface area (Å²) >= 11 is 0. The monoisotopic (exact) mass is 332 g/mol. The zero-order valence-corrected chi connectivity index (χ0v) is 14.4. The fraction of sp³-hybridized carbons (Fsp3) is 0.235. The Balaban J connectivity index is 2.28. The van der Waals surface area contributed by atoms with Crippen LogP contribution in [-0.2, 0) is 10.0 Å². The molecule has 23 heavy (non-hydrogen) atoms. The minimum absolute atomic E-state index is 0.236. The van der Waals surface area contributed by atoms with E-state index < -0.39 is 10.0 Å². The largest absolute Gasteiger partial charge is 0.497 e. The van der Waals surface area contributed by atoms with E-state index in [0.29, 0.717) is 17.0 Å². The van der Waals surface area contributed by atoms with Crippen LogP contribution in [0.2, 0.25) is 0 Å². The summed E-state index contributed by atoms with van der Waals surface area (Å²) in [5.41, 5.74) is 2.90. The molecule has 2 rings (SSSR count). The fourth-order valence-corrected chi connectivity index (χ4v) is 3.28. The van der Waals surface area contributed by atoms with Gasteiger partial charge in [0.1, 0.15) is 5.75 Å². The predicted molar refractivity (Wildman–Crippen MR) is 91.4 cm³/mol. The highest BCUT2D eigenvalue weighted by Gasteiger charge is 2.16. The summed E-state index contributed by atoms with van der Waals surface area (Å²) in [4.78, 5) is 2.53. The van der Waals surface area contributed by atoms with Gasteiger partial charge in [0.2, 0.25) is 0 Å². The van der Waals surface area contributed by atoms with Crippen molar-refractivity contribution in [3.05, 3.63) is 59.2 Å². The molecule has 2 aromatic carbocycles. The number of hydrogen-bond acceptors (Lipinski definition) is 4. The van der Waals surface area contributed by atoms with Crippen molar-refractivity contribution in [2.24, 2.45) is 5.10 Å². The molecule has 6 heteroatoms. The van der Waals surface area contributed by atoms with Crippen LogP contribution in [0.1, 0.15) is 23.6 Å². The van der Waals surface area contributed by atoms with Crippen LogP contribution in [0.5, 0.6) is 5.75 Å². The maximum Gasteiger partial charge on any atom is 0.276 e. The highest BCUT2D eigenvalue weighted by Crippen LogP contribution is 2.17. The predicted octanol–water partition coefficient (Wildman–Crippen LogP) is 3.01. The number of aryl methyl sites for hydroxylation is 2. The van der Waals surface area contributed by atoms with Gasteiger partial charge in [-0.2, -0.15) is 18.4 Å². The van der Waals surface area contributed by atoms with Gasteiger partial charge in [0, 0.05) is 5.56 Å². The number of sulfonamides is 1. The second-order valence-electron chi connectivity index (χ2n) is 5.29. The molecule has 0 saturated carbocycles. The van der Waals surface area contributed by atoms with Gasteiger partial charge in [-0.05, 0) is 50.1 Å². The Bertz CT molecular complexity index is 843. The first-order chi connectivity index (χ1) is 10.8. The smallest absolute Gasteiger partial charge is 0.276 e. The number of hydrogen-bond donors (Lipinski definition) is 1. The normalized spacial score (nSPS) is 12.1. The summed E-state index contributed by atoms with van der Waals surface area (Å²) in [6.45, 7) is 5.34. The molecule has 0 heterocycles. The minimum atomic E-state index is -3.70. The highest BCUT2D eigenvalue weighted by molar-refractivity contribution is 7.89. The molecule has 5 nitrogen and oxygen atoms in total. The van der Waals surface area contributed by atoms with Gasteiger partial charge >= 0.3 is 0 Å². The molecule has 0 fully saturated rings. The van der Waals surface area contributed by atoms with Crippen LogP contribution in [-0.4, -0.2) is 21.2 Å². The van der Waals surface area contributed by atoms with E-state index in [1.54, 1.807) is 39.2 Å². The van der Waals surface area contributed by atoms with Crippen molar-refractivity contribution >= 4 is 15.7 Å². The van der Waals surface area contributed by atoms with Crippen molar-refractivity contribution in [2.75, 3.05) is 7.11 Å². The molecule has 0 aliphatic carbocycles. The lowest BCUT2D eigenvalue weighted by Gasteiger charge is -2.09. The van der Waals surface area contributed by atoms with Crippen LogP contribution in [0.25, 0.3) is 0 Å². The van der Waals surface area contributed by atoms with Gasteiger partial charge in [0.15, 0.2) is 0 Å². The van der Waals surface area contributed by atoms with Gasteiger partial charge in [0.05, 0.1) is 17.7 Å². The third-order valence-electron chi connectivity index (χ3n) is 3.45. The van der Waals surface area contributed by atoms with Gasteiger partial charge in [0.25, 0.3) is 10.0 Å². The van der Waals surface area contributed by atoms with Gasteiger partial charge in [-0.25, -0.2) is 0 Å². The molecule has 2 aromatic rings. The van der Waals surface area contributed by atoms with Crippen molar-refractivity contribution < 1.29 is 13.2 Å². The van der Waals surface area contributed by atoms with Crippen molar-refractivity contribution in [3.8, 4) is 5.75 Å². The second-order valence-corrected chi connectivity index (χ2v) is 6.92. The zero-order chi connectivity index (χ0) is 17.0. The first kappa shape index (κ1) is 17.0. The van der Waals surface area contributed by atoms with Crippen LogP contribution in [0, 0.1) is 13.8 Å². The zero-order valence-electron chi connectivity index (χ0n) is 13.6. The maximum atomic E-state index is 12.4. The average molecular weight is 332 g/mol. The van der Waals surface area contributed by atoms with E-state index >= 15 is 0 Å². The van der Waals surface area contributed by atoms with E-state index in [2.05, 4.69) is 9.93 Å². The van der Waals surface area contributed by atoms with Crippen LogP contribution in [0.4, 0.5) is 0 Å². The summed E-state index contributed by atoms with van der Waals surface area (Å²) in [5.74, 6) is 0.689. The molecule has 0 bridgehead atoms. The first-order valence-corrected chi connectivity index (χ1v) is 8.59. The molecule has 0 aliphatic heterocycles. The quantitative estimate of drug-likeness (QED) is 0.676. The molecule has 0 saturated heterocycles. The van der Waals surface area contributed by atoms with Gasteiger partial charge in [-0.1, -0.05) is 24.3 Å². The number of ether oxygens (including phenoxy) is 1. The van der Waals surface area contributed by atoms with E-state index in [0.717, 1.165) is 11.1 Å². The van der Waals surface area contributed by atoms with Crippen molar-refractivity contribution in [1.29, 1.82) is 0 Å². The van der Waals surface area contributed by atoms with Crippen LogP contribution in [0.3, 0.4) is 0 Å². The Hall–Kier alpha value is -2.34. The Labute approximate surface area is 137 Å². The van der Waals surface area contributed by atoms with E-state index in [4.69, 9.17) is 4.74 Å². The third-order valence-corrected chi connectivity index (χ3v) is 4.80.